The summed E-state index contributed by atoms with van der Waals surface area (Å²) in [7, 11) is 1.87. The van der Waals surface area contributed by atoms with Gasteiger partial charge in [-0.05, 0) is 50.5 Å². The predicted octanol–water partition coefficient (Wildman–Crippen LogP) is 3.68. The topological polar surface area (TPSA) is 63.4 Å². The second-order valence-corrected chi connectivity index (χ2v) is 8.02. The van der Waals surface area contributed by atoms with Crippen LogP contribution in [0.5, 0.6) is 0 Å². The Morgan fingerprint density at radius 3 is 2.81 bits per heavy atom. The van der Waals surface area contributed by atoms with E-state index in [1.54, 1.807) is 15.9 Å². The number of nitrogens with zero attached hydrogens (tertiary/aromatic N) is 5. The van der Waals surface area contributed by atoms with Gasteiger partial charge in [-0.2, -0.15) is 4.98 Å². The van der Waals surface area contributed by atoms with Crippen molar-refractivity contribution in [2.24, 2.45) is 0 Å². The van der Waals surface area contributed by atoms with Crippen LogP contribution < -0.4 is 0 Å². The molecule has 0 saturated heterocycles. The van der Waals surface area contributed by atoms with Crippen LogP contribution in [0.1, 0.15) is 41.2 Å². The third-order valence-corrected chi connectivity index (χ3v) is 6.31. The van der Waals surface area contributed by atoms with Crippen molar-refractivity contribution >= 4 is 34.8 Å². The van der Waals surface area contributed by atoms with E-state index in [0.717, 1.165) is 17.0 Å². The zero-order valence-corrected chi connectivity index (χ0v) is 17.3. The second-order valence-electron chi connectivity index (χ2n) is 6.27. The third-order valence-electron chi connectivity index (χ3n) is 4.73. The SMILES string of the molecule is CSc1nc2nc(C)c(CCC(=O)N(C)C(C)c3cccs3)c(C)n2n1. The van der Waals surface area contributed by atoms with Crippen LogP contribution in [-0.2, 0) is 11.2 Å². The van der Waals surface area contributed by atoms with E-state index in [9.17, 15) is 4.79 Å². The quantitative estimate of drug-likeness (QED) is 0.602. The summed E-state index contributed by atoms with van der Waals surface area (Å²) < 4.78 is 1.77. The number of hydrogen-bond acceptors (Lipinski definition) is 6. The van der Waals surface area contributed by atoms with E-state index < -0.39 is 0 Å². The lowest BCUT2D eigenvalue weighted by Gasteiger charge is -2.24. The number of rotatable bonds is 6. The summed E-state index contributed by atoms with van der Waals surface area (Å²) in [5.74, 6) is 0.746. The van der Waals surface area contributed by atoms with E-state index in [-0.39, 0.29) is 11.9 Å². The number of thioether (sulfide) groups is 1. The minimum atomic E-state index is 0.0877. The molecule has 3 heterocycles. The maximum absolute atomic E-state index is 12.7. The normalized spacial score (nSPS) is 12.5. The van der Waals surface area contributed by atoms with E-state index in [1.165, 1.54) is 16.6 Å². The monoisotopic (exact) mass is 389 g/mol. The zero-order chi connectivity index (χ0) is 18.8. The number of carbonyl (C=O) groups is 1. The van der Waals surface area contributed by atoms with Gasteiger partial charge in [-0.1, -0.05) is 17.8 Å². The fraction of sp³-hybridized carbons (Fsp3) is 0.444. The Bertz CT molecular complexity index is 919. The van der Waals surface area contributed by atoms with Gasteiger partial charge in [-0.15, -0.1) is 16.4 Å². The molecule has 0 fully saturated rings. The molecule has 3 aromatic rings. The molecule has 138 valence electrons. The summed E-state index contributed by atoms with van der Waals surface area (Å²) in [6.45, 7) is 6.05. The van der Waals surface area contributed by atoms with E-state index in [0.29, 0.717) is 23.8 Å². The van der Waals surface area contributed by atoms with E-state index in [2.05, 4.69) is 28.1 Å². The number of aromatic nitrogens is 4. The Kier molecular flexibility index (Phi) is 5.62. The predicted molar refractivity (Wildman–Crippen MR) is 106 cm³/mol. The minimum Gasteiger partial charge on any atom is -0.338 e. The van der Waals surface area contributed by atoms with Gasteiger partial charge in [0.1, 0.15) is 0 Å². The Morgan fingerprint density at radius 2 is 2.15 bits per heavy atom. The average molecular weight is 390 g/mol. The Hall–Kier alpha value is -1.93. The number of carbonyl (C=O) groups excluding carboxylic acids is 1. The first-order valence-electron chi connectivity index (χ1n) is 8.48. The molecular weight excluding hydrogens is 366 g/mol. The summed E-state index contributed by atoms with van der Waals surface area (Å²) >= 11 is 3.17. The maximum atomic E-state index is 12.7. The van der Waals surface area contributed by atoms with Crippen LogP contribution >= 0.6 is 23.1 Å². The lowest BCUT2D eigenvalue weighted by molar-refractivity contribution is -0.131. The number of hydrogen-bond donors (Lipinski definition) is 0. The Morgan fingerprint density at radius 1 is 1.38 bits per heavy atom. The lowest BCUT2D eigenvalue weighted by atomic mass is 10.1. The standard InChI is InChI=1S/C18H23N5OS2/c1-11-14(12(2)23-17(19-11)20-18(21-23)25-5)8-9-16(24)22(4)13(3)15-7-6-10-26-15/h6-7,10,13H,8-9H2,1-5H3. The first-order valence-corrected chi connectivity index (χ1v) is 10.6. The second kappa shape index (κ2) is 7.75. The highest BCUT2D eigenvalue weighted by molar-refractivity contribution is 7.98. The molecule has 3 rings (SSSR count). The van der Waals surface area contributed by atoms with Crippen LogP contribution in [0.2, 0.25) is 0 Å². The van der Waals surface area contributed by atoms with Gasteiger partial charge in [0.15, 0.2) is 0 Å². The van der Waals surface area contributed by atoms with Gasteiger partial charge in [0.25, 0.3) is 5.78 Å². The molecule has 0 aliphatic carbocycles. The molecule has 0 aliphatic rings. The molecule has 8 heteroatoms. The van der Waals surface area contributed by atoms with E-state index in [4.69, 9.17) is 0 Å². The largest absolute Gasteiger partial charge is 0.338 e. The van der Waals surface area contributed by atoms with Gasteiger partial charge in [-0.25, -0.2) is 9.50 Å². The zero-order valence-electron chi connectivity index (χ0n) is 15.7. The molecular formula is C18H23N5OS2. The highest BCUT2D eigenvalue weighted by Crippen LogP contribution is 2.24. The Labute approximate surface area is 161 Å². The molecule has 1 amide bonds. The van der Waals surface area contributed by atoms with Gasteiger partial charge in [0.05, 0.1) is 6.04 Å². The summed E-state index contributed by atoms with van der Waals surface area (Å²) in [5, 5.41) is 7.22. The molecule has 6 nitrogen and oxygen atoms in total. The molecule has 0 spiro atoms. The molecule has 1 atom stereocenters. The van der Waals surface area contributed by atoms with Crippen LogP contribution in [0.15, 0.2) is 22.7 Å². The number of fused-ring (bicyclic) bond motifs is 1. The van der Waals surface area contributed by atoms with Crippen molar-refractivity contribution in [2.45, 2.75) is 44.8 Å². The maximum Gasteiger partial charge on any atom is 0.253 e. The van der Waals surface area contributed by atoms with Crippen LogP contribution in [0.25, 0.3) is 5.78 Å². The fourth-order valence-electron chi connectivity index (χ4n) is 2.98. The fourth-order valence-corrected chi connectivity index (χ4v) is 4.15. The minimum absolute atomic E-state index is 0.0877. The van der Waals surface area contributed by atoms with Crippen LogP contribution in [0.4, 0.5) is 0 Å². The van der Waals surface area contributed by atoms with E-state index in [1.807, 2.05) is 43.5 Å². The van der Waals surface area contributed by atoms with Gasteiger partial charge in [0, 0.05) is 29.7 Å². The van der Waals surface area contributed by atoms with Crippen molar-refractivity contribution < 1.29 is 4.79 Å². The molecule has 0 bridgehead atoms. The lowest BCUT2D eigenvalue weighted by Crippen LogP contribution is -2.29. The molecule has 0 saturated carbocycles. The highest BCUT2D eigenvalue weighted by atomic mass is 32.2. The summed E-state index contributed by atoms with van der Waals surface area (Å²) in [4.78, 5) is 24.6. The van der Waals surface area contributed by atoms with Crippen molar-refractivity contribution in [2.75, 3.05) is 13.3 Å². The first kappa shape index (κ1) is 18.8. The summed E-state index contributed by atoms with van der Waals surface area (Å²) in [5.41, 5.74) is 2.99. The average Bonchev–Trinajstić information content (AvgIpc) is 3.29. The Balaban J connectivity index is 1.75. The molecule has 26 heavy (non-hydrogen) atoms. The molecule has 0 N–H and O–H groups in total. The van der Waals surface area contributed by atoms with Crippen LogP contribution in [-0.4, -0.2) is 43.7 Å². The molecule has 0 radical (unpaired) electrons. The van der Waals surface area contributed by atoms with Crippen molar-refractivity contribution in [3.05, 3.63) is 39.3 Å². The summed E-state index contributed by atoms with van der Waals surface area (Å²) in [6, 6.07) is 4.17. The van der Waals surface area contributed by atoms with E-state index >= 15 is 0 Å². The smallest absolute Gasteiger partial charge is 0.253 e. The number of aryl methyl sites for hydroxylation is 2. The third kappa shape index (κ3) is 3.61. The van der Waals surface area contributed by atoms with Crippen molar-refractivity contribution in [1.29, 1.82) is 0 Å². The number of thiophene rings is 1. The van der Waals surface area contributed by atoms with Gasteiger partial charge >= 0.3 is 0 Å². The number of amides is 1. The highest BCUT2D eigenvalue weighted by Gasteiger charge is 2.20. The molecule has 0 aliphatic heterocycles. The summed E-state index contributed by atoms with van der Waals surface area (Å²) in [6.07, 6.45) is 3.04. The molecule has 1 unspecified atom stereocenters. The van der Waals surface area contributed by atoms with Crippen LogP contribution in [0, 0.1) is 13.8 Å². The first-order chi connectivity index (χ1) is 12.4. The van der Waals surface area contributed by atoms with Gasteiger partial charge in [-0.3, -0.25) is 4.79 Å². The molecule has 3 aromatic heterocycles. The van der Waals surface area contributed by atoms with Crippen molar-refractivity contribution in [1.82, 2.24) is 24.5 Å². The van der Waals surface area contributed by atoms with Crippen molar-refractivity contribution in [3.63, 3.8) is 0 Å². The van der Waals surface area contributed by atoms with Crippen molar-refractivity contribution in [3.8, 4) is 0 Å². The van der Waals surface area contributed by atoms with Gasteiger partial charge < -0.3 is 4.90 Å². The van der Waals surface area contributed by atoms with Gasteiger partial charge in [0.2, 0.25) is 11.1 Å². The van der Waals surface area contributed by atoms with Crippen LogP contribution in [0.3, 0.4) is 0 Å². The molecule has 0 aromatic carbocycles.